The van der Waals surface area contributed by atoms with E-state index in [-0.39, 0.29) is 0 Å². The number of nitrogens with one attached hydrogen (secondary N) is 1. The maximum absolute atomic E-state index is 5.91. The average molecular weight is 505 g/mol. The van der Waals surface area contributed by atoms with Gasteiger partial charge < -0.3 is 10.2 Å². The molecule has 1 saturated heterocycles. The van der Waals surface area contributed by atoms with Crippen molar-refractivity contribution in [2.45, 2.75) is 46.1 Å². The number of fused-ring (bicyclic) bond motifs is 3. The maximum atomic E-state index is 5.91. The first kappa shape index (κ1) is 22.1. The smallest absolute Gasteiger partial charge is 0.173 e. The fraction of sp³-hybridized carbons (Fsp3) is 0.370. The topological polar surface area (TPSA) is 41.0 Å². The van der Waals surface area contributed by atoms with E-state index in [1.807, 2.05) is 0 Å². The van der Waals surface area contributed by atoms with Crippen molar-refractivity contribution in [1.29, 1.82) is 0 Å². The summed E-state index contributed by atoms with van der Waals surface area (Å²) in [4.78, 5) is 14.8. The Labute approximate surface area is 214 Å². The molecule has 0 radical (unpaired) electrons. The molecule has 4 nitrogen and oxygen atoms in total. The number of anilines is 1. The van der Waals surface area contributed by atoms with Crippen molar-refractivity contribution in [3.05, 3.63) is 53.2 Å². The van der Waals surface area contributed by atoms with Crippen LogP contribution in [0.4, 0.5) is 5.69 Å². The Morgan fingerprint density at radius 2 is 1.65 bits per heavy atom. The minimum absolute atomic E-state index is 0.348. The number of thiocarbonyl (C=S) groups is 1. The van der Waals surface area contributed by atoms with E-state index in [4.69, 9.17) is 22.2 Å². The molecule has 2 fully saturated rings. The third-order valence-electron chi connectivity index (χ3n) is 7.10. The molecule has 2 unspecified atom stereocenters. The summed E-state index contributed by atoms with van der Waals surface area (Å²) >= 11 is 9.31. The predicted molar refractivity (Wildman–Crippen MR) is 149 cm³/mol. The second-order valence-electron chi connectivity index (χ2n) is 10.9. The van der Waals surface area contributed by atoms with E-state index in [0.717, 1.165) is 49.5 Å². The Kier molecular flexibility index (Phi) is 5.28. The fourth-order valence-electron chi connectivity index (χ4n) is 6.19. The normalized spacial score (nSPS) is 23.4. The molecule has 34 heavy (non-hydrogen) atoms. The molecular formula is C27H28N4S3. The number of nitrogens with zero attached hydrogens (tertiary/aromatic N) is 3. The van der Waals surface area contributed by atoms with Crippen molar-refractivity contribution >= 4 is 56.7 Å². The minimum Gasteiger partial charge on any atom is -0.345 e. The highest BCUT2D eigenvalue weighted by atomic mass is 32.1. The number of likely N-dealkylation sites (tertiary alicyclic amines) is 1. The van der Waals surface area contributed by atoms with Gasteiger partial charge in [0.05, 0.1) is 20.8 Å². The van der Waals surface area contributed by atoms with Crippen LogP contribution >= 0.6 is 34.9 Å². The van der Waals surface area contributed by atoms with Gasteiger partial charge in [-0.2, -0.15) is 0 Å². The highest BCUT2D eigenvalue weighted by Crippen LogP contribution is 2.52. The first-order valence-corrected chi connectivity index (χ1v) is 13.9. The zero-order valence-corrected chi connectivity index (χ0v) is 22.1. The van der Waals surface area contributed by atoms with Crippen LogP contribution in [0.3, 0.4) is 0 Å². The van der Waals surface area contributed by atoms with Crippen LogP contribution in [0, 0.1) is 10.8 Å². The van der Waals surface area contributed by atoms with Crippen molar-refractivity contribution in [1.82, 2.24) is 14.9 Å². The van der Waals surface area contributed by atoms with Crippen molar-refractivity contribution in [2.24, 2.45) is 10.8 Å². The second kappa shape index (κ2) is 8.11. The number of hydrogen-bond acceptors (Lipinski definition) is 5. The van der Waals surface area contributed by atoms with Gasteiger partial charge in [-0.15, -0.1) is 22.7 Å². The molecule has 1 aliphatic heterocycles. The zero-order chi connectivity index (χ0) is 23.5. The van der Waals surface area contributed by atoms with Gasteiger partial charge in [-0.05, 0) is 83.4 Å². The highest BCUT2D eigenvalue weighted by Gasteiger charge is 2.50. The molecule has 1 aliphatic carbocycles. The third kappa shape index (κ3) is 4.04. The third-order valence-corrected chi connectivity index (χ3v) is 9.19. The molecule has 4 aromatic rings. The van der Waals surface area contributed by atoms with E-state index >= 15 is 0 Å². The Hall–Kier alpha value is -2.35. The summed E-state index contributed by atoms with van der Waals surface area (Å²) < 4.78 is 0. The lowest BCUT2D eigenvalue weighted by Crippen LogP contribution is -2.39. The van der Waals surface area contributed by atoms with Crippen LogP contribution in [-0.4, -0.2) is 32.6 Å². The molecule has 0 amide bonds. The first-order chi connectivity index (χ1) is 16.3. The van der Waals surface area contributed by atoms with Crippen LogP contribution < -0.4 is 5.32 Å². The highest BCUT2D eigenvalue weighted by molar-refractivity contribution is 7.80. The number of benzene rings is 1. The molecule has 3 aromatic heterocycles. The Morgan fingerprint density at radius 1 is 0.971 bits per heavy atom. The van der Waals surface area contributed by atoms with Crippen LogP contribution in [0.1, 0.15) is 40.0 Å². The molecular weight excluding hydrogens is 477 g/mol. The summed E-state index contributed by atoms with van der Waals surface area (Å²) in [7, 11) is 0. The predicted octanol–water partition coefficient (Wildman–Crippen LogP) is 7.68. The Bertz CT molecular complexity index is 1360. The quantitative estimate of drug-likeness (QED) is 0.290. The summed E-state index contributed by atoms with van der Waals surface area (Å²) in [6.45, 7) is 8.25. The Morgan fingerprint density at radius 3 is 2.29 bits per heavy atom. The van der Waals surface area contributed by atoms with Crippen molar-refractivity contribution in [3.63, 3.8) is 0 Å². The number of rotatable bonds is 3. The van der Waals surface area contributed by atoms with E-state index in [2.05, 4.69) is 84.2 Å². The van der Waals surface area contributed by atoms with Crippen LogP contribution in [0.25, 0.3) is 32.2 Å². The van der Waals surface area contributed by atoms with Crippen LogP contribution in [0.2, 0.25) is 0 Å². The van der Waals surface area contributed by atoms with E-state index in [1.54, 1.807) is 22.7 Å². The molecule has 1 saturated carbocycles. The molecule has 2 atom stereocenters. The van der Waals surface area contributed by atoms with Gasteiger partial charge in [0, 0.05) is 18.3 Å². The Balaban J connectivity index is 1.32. The summed E-state index contributed by atoms with van der Waals surface area (Å²) in [5.41, 5.74) is 5.35. The zero-order valence-electron chi connectivity index (χ0n) is 19.7. The van der Waals surface area contributed by atoms with Crippen molar-refractivity contribution < 1.29 is 0 Å². The standard InChI is InChI=1S/C27H28N4S3/c1-26(2)13-18-14-27(3,15-26)16-31(18)25(32)28-17-8-9-19-20(12-17)30-24(22-7-5-11-34-22)23(29-19)21-6-4-10-33-21/h4-12,18H,13-16H2,1-3H3,(H,28,32). The van der Waals surface area contributed by atoms with Gasteiger partial charge in [-0.3, -0.25) is 0 Å². The maximum Gasteiger partial charge on any atom is 0.173 e. The van der Waals surface area contributed by atoms with Crippen molar-refractivity contribution in [2.75, 3.05) is 11.9 Å². The molecule has 174 valence electrons. The number of aromatic nitrogens is 2. The fourth-order valence-corrected chi connectivity index (χ4v) is 7.96. The van der Waals surface area contributed by atoms with E-state index in [1.165, 1.54) is 19.3 Å². The first-order valence-electron chi connectivity index (χ1n) is 11.8. The lowest BCUT2D eigenvalue weighted by atomic mass is 9.65. The van der Waals surface area contributed by atoms with E-state index in [0.29, 0.717) is 16.9 Å². The monoisotopic (exact) mass is 504 g/mol. The molecule has 0 spiro atoms. The van der Waals surface area contributed by atoms with Gasteiger partial charge in [0.1, 0.15) is 11.4 Å². The number of hydrogen-bond donors (Lipinski definition) is 1. The largest absolute Gasteiger partial charge is 0.345 e. The van der Waals surface area contributed by atoms with Crippen LogP contribution in [0.5, 0.6) is 0 Å². The average Bonchev–Trinajstić information content (AvgIpc) is 3.53. The molecule has 2 bridgehead atoms. The molecule has 1 N–H and O–H groups in total. The minimum atomic E-state index is 0.348. The molecule has 2 aliphatic rings. The van der Waals surface area contributed by atoms with Gasteiger partial charge in [0.2, 0.25) is 0 Å². The van der Waals surface area contributed by atoms with Gasteiger partial charge in [0.15, 0.2) is 5.11 Å². The van der Waals surface area contributed by atoms with Gasteiger partial charge >= 0.3 is 0 Å². The lowest BCUT2D eigenvalue weighted by molar-refractivity contribution is 0.132. The molecule has 6 rings (SSSR count). The van der Waals surface area contributed by atoms with E-state index < -0.39 is 0 Å². The summed E-state index contributed by atoms with van der Waals surface area (Å²) in [6.07, 6.45) is 3.69. The van der Waals surface area contributed by atoms with Gasteiger partial charge in [-0.1, -0.05) is 32.9 Å². The second-order valence-corrected chi connectivity index (χ2v) is 13.1. The molecule has 1 aromatic carbocycles. The molecule has 4 heterocycles. The van der Waals surface area contributed by atoms with Gasteiger partial charge in [-0.25, -0.2) is 9.97 Å². The van der Waals surface area contributed by atoms with E-state index in [9.17, 15) is 0 Å². The summed E-state index contributed by atoms with van der Waals surface area (Å²) in [5.74, 6) is 0. The van der Waals surface area contributed by atoms with Crippen LogP contribution in [0.15, 0.2) is 53.2 Å². The lowest BCUT2D eigenvalue weighted by Gasteiger charge is -2.39. The SMILES string of the molecule is CC1(C)CC2CC(C)(CN2C(=S)Nc2ccc3nc(-c4cccs4)c(-c4cccs4)nc3c2)C1. The summed E-state index contributed by atoms with van der Waals surface area (Å²) in [6, 6.07) is 15.1. The summed E-state index contributed by atoms with van der Waals surface area (Å²) in [5, 5.41) is 8.52. The van der Waals surface area contributed by atoms with Crippen molar-refractivity contribution in [3.8, 4) is 21.1 Å². The van der Waals surface area contributed by atoms with Crippen LogP contribution in [-0.2, 0) is 0 Å². The molecule has 7 heteroatoms. The number of thiophene rings is 2. The van der Waals surface area contributed by atoms with Gasteiger partial charge in [0.25, 0.3) is 0 Å².